The molecular weight excluding hydrogens is 340 g/mol. The van der Waals surface area contributed by atoms with Gasteiger partial charge in [0, 0.05) is 10.6 Å². The van der Waals surface area contributed by atoms with E-state index in [1.165, 1.54) is 6.21 Å². The van der Waals surface area contributed by atoms with E-state index in [0.717, 1.165) is 5.52 Å². The fourth-order valence-corrected chi connectivity index (χ4v) is 2.35. The van der Waals surface area contributed by atoms with Crippen molar-refractivity contribution >= 4 is 34.4 Å². The highest BCUT2D eigenvalue weighted by molar-refractivity contribution is 6.33. The Bertz CT molecular complexity index is 968. The molecule has 0 saturated carbocycles. The number of imidazole rings is 1. The molecule has 0 spiro atoms. The van der Waals surface area contributed by atoms with Gasteiger partial charge in [-0.1, -0.05) is 47.1 Å². The normalized spacial score (nSPS) is 12.2. The Labute approximate surface area is 148 Å². The summed E-state index contributed by atoms with van der Waals surface area (Å²) in [5, 5.41) is 23.7. The SMILES string of the molecule is N#C/C(=C(/O)CO/N=C\c1ccccc1Cl)c1nc2ccccc2[nH]1. The first-order valence-electron chi connectivity index (χ1n) is 7.36. The number of nitriles is 1. The van der Waals surface area contributed by atoms with Crippen LogP contribution < -0.4 is 0 Å². The molecule has 6 nitrogen and oxygen atoms in total. The molecule has 1 heterocycles. The third-order valence-electron chi connectivity index (χ3n) is 3.40. The van der Waals surface area contributed by atoms with Gasteiger partial charge in [0.15, 0.2) is 18.2 Å². The number of aromatic nitrogens is 2. The molecule has 0 aliphatic rings. The van der Waals surface area contributed by atoms with E-state index < -0.39 is 0 Å². The van der Waals surface area contributed by atoms with Crippen LogP contribution in [-0.2, 0) is 4.84 Å². The lowest BCUT2D eigenvalue weighted by atomic mass is 10.2. The highest BCUT2D eigenvalue weighted by atomic mass is 35.5. The Balaban J connectivity index is 1.74. The molecule has 7 heteroatoms. The van der Waals surface area contributed by atoms with Crippen molar-refractivity contribution in [1.29, 1.82) is 5.26 Å². The second-order valence-electron chi connectivity index (χ2n) is 5.07. The lowest BCUT2D eigenvalue weighted by molar-refractivity contribution is 0.139. The molecule has 0 bridgehead atoms. The molecule has 0 saturated heterocycles. The molecule has 0 unspecified atom stereocenters. The van der Waals surface area contributed by atoms with Crippen LogP contribution in [-0.4, -0.2) is 27.9 Å². The van der Waals surface area contributed by atoms with Gasteiger partial charge in [-0.3, -0.25) is 0 Å². The number of allylic oxidation sites excluding steroid dienone is 1. The van der Waals surface area contributed by atoms with Crippen molar-refractivity contribution in [1.82, 2.24) is 9.97 Å². The maximum absolute atomic E-state index is 10.1. The minimum Gasteiger partial charge on any atom is -0.507 e. The van der Waals surface area contributed by atoms with Gasteiger partial charge in [-0.05, 0) is 18.2 Å². The first kappa shape index (κ1) is 16.6. The third kappa shape index (κ3) is 3.79. The summed E-state index contributed by atoms with van der Waals surface area (Å²) in [7, 11) is 0. The Morgan fingerprint density at radius 3 is 2.80 bits per heavy atom. The van der Waals surface area contributed by atoms with Crippen LogP contribution in [0.3, 0.4) is 0 Å². The van der Waals surface area contributed by atoms with Gasteiger partial charge in [0.05, 0.1) is 17.2 Å². The molecular formula is C18H13ClN4O2. The fourth-order valence-electron chi connectivity index (χ4n) is 2.17. The van der Waals surface area contributed by atoms with E-state index in [-0.39, 0.29) is 23.8 Å². The van der Waals surface area contributed by atoms with Gasteiger partial charge in [-0.2, -0.15) is 5.26 Å². The Kier molecular flexibility index (Phi) is 4.97. The molecule has 3 aromatic rings. The lowest BCUT2D eigenvalue weighted by Gasteiger charge is -2.01. The summed E-state index contributed by atoms with van der Waals surface area (Å²) < 4.78 is 0. The first-order chi connectivity index (χ1) is 12.2. The number of oxime groups is 1. The van der Waals surface area contributed by atoms with Crippen molar-refractivity contribution in [2.75, 3.05) is 6.61 Å². The van der Waals surface area contributed by atoms with Crippen LogP contribution in [0.2, 0.25) is 5.02 Å². The van der Waals surface area contributed by atoms with E-state index in [1.54, 1.807) is 12.1 Å². The van der Waals surface area contributed by atoms with Crippen LogP contribution in [0.1, 0.15) is 11.4 Å². The second-order valence-corrected chi connectivity index (χ2v) is 5.47. The molecule has 1 aromatic heterocycles. The van der Waals surface area contributed by atoms with Gasteiger partial charge in [-0.15, -0.1) is 0 Å². The van der Waals surface area contributed by atoms with Gasteiger partial charge in [0.25, 0.3) is 0 Å². The summed E-state index contributed by atoms with van der Waals surface area (Å²) in [5.74, 6) is 0.0118. The lowest BCUT2D eigenvalue weighted by Crippen LogP contribution is -1.99. The van der Waals surface area contributed by atoms with Gasteiger partial charge >= 0.3 is 0 Å². The molecule has 0 radical (unpaired) electrons. The molecule has 25 heavy (non-hydrogen) atoms. The van der Waals surface area contributed by atoms with E-state index in [4.69, 9.17) is 16.4 Å². The summed E-state index contributed by atoms with van der Waals surface area (Å²) in [6, 6.07) is 16.4. The second kappa shape index (κ2) is 7.51. The molecule has 2 N–H and O–H groups in total. The number of rotatable bonds is 5. The largest absolute Gasteiger partial charge is 0.507 e. The summed E-state index contributed by atoms with van der Waals surface area (Å²) >= 11 is 6.00. The van der Waals surface area contributed by atoms with Gasteiger partial charge in [0.1, 0.15) is 11.6 Å². The number of nitrogens with zero attached hydrogens (tertiary/aromatic N) is 3. The molecule has 3 rings (SSSR count). The number of nitrogens with one attached hydrogen (secondary N) is 1. The highest BCUT2D eigenvalue weighted by Crippen LogP contribution is 2.19. The number of aliphatic hydroxyl groups is 1. The van der Waals surface area contributed by atoms with Crippen LogP contribution >= 0.6 is 11.6 Å². The average molecular weight is 353 g/mol. The zero-order valence-electron chi connectivity index (χ0n) is 13.0. The number of aliphatic hydroxyl groups excluding tert-OH is 1. The number of H-pyrrole nitrogens is 1. The zero-order chi connectivity index (χ0) is 17.6. The van der Waals surface area contributed by atoms with Crippen molar-refractivity contribution in [3.05, 3.63) is 70.7 Å². The third-order valence-corrected chi connectivity index (χ3v) is 3.74. The summed E-state index contributed by atoms with van der Waals surface area (Å²) in [4.78, 5) is 12.3. The smallest absolute Gasteiger partial charge is 0.175 e. The molecule has 2 aromatic carbocycles. The van der Waals surface area contributed by atoms with Crippen molar-refractivity contribution < 1.29 is 9.94 Å². The Morgan fingerprint density at radius 1 is 1.28 bits per heavy atom. The van der Waals surface area contributed by atoms with Crippen molar-refractivity contribution in [3.63, 3.8) is 0 Å². The number of para-hydroxylation sites is 2. The van der Waals surface area contributed by atoms with Gasteiger partial charge in [0.2, 0.25) is 0 Å². The maximum atomic E-state index is 10.1. The molecule has 0 aliphatic carbocycles. The molecule has 0 fully saturated rings. The van der Waals surface area contributed by atoms with E-state index in [9.17, 15) is 10.4 Å². The van der Waals surface area contributed by atoms with E-state index in [1.807, 2.05) is 42.5 Å². The standard InChI is InChI=1S/C18H13ClN4O2/c19-14-6-2-1-5-12(14)10-21-25-11-17(24)13(9-20)18-22-15-7-3-4-8-16(15)23-18/h1-8,10,24H,11H2,(H,22,23)/b17-13-,21-10-. The van der Waals surface area contributed by atoms with Crippen molar-refractivity contribution in [3.8, 4) is 6.07 Å². The van der Waals surface area contributed by atoms with Crippen LogP contribution in [0, 0.1) is 11.3 Å². The predicted molar refractivity (Wildman–Crippen MR) is 96.3 cm³/mol. The van der Waals surface area contributed by atoms with E-state index in [0.29, 0.717) is 16.1 Å². The number of halogens is 1. The monoisotopic (exact) mass is 352 g/mol. The topological polar surface area (TPSA) is 94.3 Å². The van der Waals surface area contributed by atoms with Crippen LogP contribution in [0.4, 0.5) is 0 Å². The summed E-state index contributed by atoms with van der Waals surface area (Å²) in [6.45, 7) is -0.263. The van der Waals surface area contributed by atoms with Crippen LogP contribution in [0.15, 0.2) is 59.4 Å². The van der Waals surface area contributed by atoms with Crippen LogP contribution in [0.25, 0.3) is 16.6 Å². The highest BCUT2D eigenvalue weighted by Gasteiger charge is 2.13. The predicted octanol–water partition coefficient (Wildman–Crippen LogP) is 4.06. The molecule has 0 aliphatic heterocycles. The number of fused-ring (bicyclic) bond motifs is 1. The quantitative estimate of drug-likeness (QED) is 0.313. The average Bonchev–Trinajstić information content (AvgIpc) is 3.04. The van der Waals surface area contributed by atoms with Gasteiger partial charge in [-0.25, -0.2) is 4.98 Å². The van der Waals surface area contributed by atoms with E-state index in [2.05, 4.69) is 15.1 Å². The maximum Gasteiger partial charge on any atom is 0.175 e. The number of hydrogen-bond donors (Lipinski definition) is 2. The van der Waals surface area contributed by atoms with E-state index >= 15 is 0 Å². The Hall–Kier alpha value is -3.30. The molecule has 0 atom stereocenters. The summed E-state index contributed by atoms with van der Waals surface area (Å²) in [5.41, 5.74) is 2.17. The molecule has 0 amide bonds. The summed E-state index contributed by atoms with van der Waals surface area (Å²) in [6.07, 6.45) is 1.43. The zero-order valence-corrected chi connectivity index (χ0v) is 13.7. The minimum absolute atomic E-state index is 0.00384. The van der Waals surface area contributed by atoms with Crippen molar-refractivity contribution in [2.45, 2.75) is 0 Å². The molecule has 124 valence electrons. The number of benzene rings is 2. The number of hydrogen-bond acceptors (Lipinski definition) is 5. The fraction of sp³-hybridized carbons (Fsp3) is 0.0556. The Morgan fingerprint density at radius 2 is 2.04 bits per heavy atom. The minimum atomic E-state index is -0.266. The number of aromatic amines is 1. The van der Waals surface area contributed by atoms with Gasteiger partial charge < -0.3 is 14.9 Å². The first-order valence-corrected chi connectivity index (χ1v) is 7.74. The van der Waals surface area contributed by atoms with Crippen molar-refractivity contribution in [2.24, 2.45) is 5.16 Å². The van der Waals surface area contributed by atoms with Crippen LogP contribution in [0.5, 0.6) is 0 Å².